The van der Waals surface area contributed by atoms with E-state index < -0.39 is 15.6 Å². The van der Waals surface area contributed by atoms with Crippen LogP contribution >= 0.6 is 0 Å². The largest absolute Gasteiger partial charge is 0.629 e. The zero-order chi connectivity index (χ0) is 17.7. The van der Waals surface area contributed by atoms with Gasteiger partial charge in [-0.15, -0.1) is 0 Å². The maximum absolute atomic E-state index is 6.73. The SMILES string of the molecule is c1ccc([Si](OB2OCCCO2)(c2ccccc2)c2ccccc2)cc1. The first-order chi connectivity index (χ1) is 12.9. The van der Waals surface area contributed by atoms with Crippen molar-refractivity contribution in [2.75, 3.05) is 13.2 Å². The summed E-state index contributed by atoms with van der Waals surface area (Å²) >= 11 is 0. The molecule has 0 amide bonds. The Labute approximate surface area is 155 Å². The van der Waals surface area contributed by atoms with Crippen LogP contribution in [0.4, 0.5) is 0 Å². The van der Waals surface area contributed by atoms with Crippen molar-refractivity contribution in [3.05, 3.63) is 91.0 Å². The molecule has 130 valence electrons. The Morgan fingerprint density at radius 2 is 1.00 bits per heavy atom. The third-order valence-corrected chi connectivity index (χ3v) is 8.60. The van der Waals surface area contributed by atoms with Crippen molar-refractivity contribution in [3.63, 3.8) is 0 Å². The monoisotopic (exact) mass is 360 g/mol. The smallest absolute Gasteiger partial charge is 0.417 e. The zero-order valence-corrected chi connectivity index (χ0v) is 15.6. The Morgan fingerprint density at radius 1 is 0.615 bits per heavy atom. The van der Waals surface area contributed by atoms with Crippen molar-refractivity contribution < 1.29 is 13.7 Å². The molecule has 3 nitrogen and oxygen atoms in total. The van der Waals surface area contributed by atoms with Crippen LogP contribution in [0.1, 0.15) is 6.42 Å². The molecule has 0 radical (unpaired) electrons. The molecule has 0 bridgehead atoms. The van der Waals surface area contributed by atoms with Crippen LogP contribution < -0.4 is 15.6 Å². The fourth-order valence-corrected chi connectivity index (χ4v) is 7.22. The van der Waals surface area contributed by atoms with Gasteiger partial charge < -0.3 is 13.7 Å². The molecule has 0 atom stereocenters. The number of benzene rings is 3. The van der Waals surface area contributed by atoms with Crippen molar-refractivity contribution in [3.8, 4) is 0 Å². The van der Waals surface area contributed by atoms with E-state index in [4.69, 9.17) is 13.7 Å². The third-order valence-electron chi connectivity index (χ3n) is 4.61. The second-order valence-electron chi connectivity index (χ2n) is 6.28. The van der Waals surface area contributed by atoms with Gasteiger partial charge in [-0.1, -0.05) is 91.0 Å². The Hall–Kier alpha value is -2.18. The molecule has 0 saturated carbocycles. The molecule has 0 N–H and O–H groups in total. The number of hydrogen-bond donors (Lipinski definition) is 0. The van der Waals surface area contributed by atoms with E-state index in [2.05, 4.69) is 72.8 Å². The first-order valence-electron chi connectivity index (χ1n) is 8.97. The van der Waals surface area contributed by atoms with Gasteiger partial charge in [0.15, 0.2) is 0 Å². The highest BCUT2D eigenvalue weighted by Crippen LogP contribution is 2.14. The van der Waals surface area contributed by atoms with E-state index in [1.165, 1.54) is 15.6 Å². The molecule has 1 fully saturated rings. The summed E-state index contributed by atoms with van der Waals surface area (Å²) in [6.07, 6.45) is 0.899. The first kappa shape index (κ1) is 17.2. The molecule has 1 saturated heterocycles. The number of rotatable bonds is 5. The van der Waals surface area contributed by atoms with E-state index in [-0.39, 0.29) is 0 Å². The molecule has 26 heavy (non-hydrogen) atoms. The second kappa shape index (κ2) is 8.02. The van der Waals surface area contributed by atoms with Crippen molar-refractivity contribution in [2.24, 2.45) is 0 Å². The summed E-state index contributed by atoms with van der Waals surface area (Å²) in [4.78, 5) is 0. The Bertz CT molecular complexity index is 712. The highest BCUT2D eigenvalue weighted by Gasteiger charge is 2.46. The van der Waals surface area contributed by atoms with Crippen LogP contribution in [-0.4, -0.2) is 28.9 Å². The molecule has 1 aliphatic heterocycles. The van der Waals surface area contributed by atoms with E-state index in [9.17, 15) is 0 Å². The molecule has 3 aromatic rings. The average Bonchev–Trinajstić information content (AvgIpc) is 2.75. The van der Waals surface area contributed by atoms with Gasteiger partial charge in [-0.25, -0.2) is 0 Å². The predicted molar refractivity (Wildman–Crippen MR) is 107 cm³/mol. The first-order valence-corrected chi connectivity index (χ1v) is 10.9. The molecule has 0 aromatic heterocycles. The van der Waals surface area contributed by atoms with E-state index in [1.54, 1.807) is 0 Å². The Balaban J connectivity index is 1.90. The van der Waals surface area contributed by atoms with E-state index in [1.807, 2.05) is 18.2 Å². The lowest BCUT2D eigenvalue weighted by atomic mass is 10.2. The van der Waals surface area contributed by atoms with Gasteiger partial charge in [-0.3, -0.25) is 0 Å². The zero-order valence-electron chi connectivity index (χ0n) is 14.6. The lowest BCUT2D eigenvalue weighted by Gasteiger charge is -2.35. The van der Waals surface area contributed by atoms with Gasteiger partial charge in [-0.05, 0) is 22.0 Å². The summed E-state index contributed by atoms with van der Waals surface area (Å²) < 4.78 is 18.3. The van der Waals surface area contributed by atoms with Crippen molar-refractivity contribution in [1.29, 1.82) is 0 Å². The van der Waals surface area contributed by atoms with E-state index >= 15 is 0 Å². The van der Waals surface area contributed by atoms with Crippen LogP contribution in [0.25, 0.3) is 0 Å². The van der Waals surface area contributed by atoms with Crippen LogP contribution in [0, 0.1) is 0 Å². The Morgan fingerprint density at radius 3 is 1.38 bits per heavy atom. The highest BCUT2D eigenvalue weighted by atomic mass is 28.4. The van der Waals surface area contributed by atoms with Gasteiger partial charge in [0.25, 0.3) is 8.32 Å². The van der Waals surface area contributed by atoms with Gasteiger partial charge in [0.05, 0.1) is 0 Å². The van der Waals surface area contributed by atoms with Crippen LogP contribution in [0.3, 0.4) is 0 Å². The molecule has 0 spiro atoms. The normalized spacial score (nSPS) is 15.0. The lowest BCUT2D eigenvalue weighted by molar-refractivity contribution is 0.0881. The summed E-state index contributed by atoms with van der Waals surface area (Å²) in [7, 11) is -3.40. The third kappa shape index (κ3) is 3.39. The van der Waals surface area contributed by atoms with Crippen molar-refractivity contribution >= 4 is 31.2 Å². The van der Waals surface area contributed by atoms with Crippen LogP contribution in [0.2, 0.25) is 0 Å². The fourth-order valence-electron chi connectivity index (χ4n) is 3.40. The van der Waals surface area contributed by atoms with Crippen LogP contribution in [0.15, 0.2) is 91.0 Å². The van der Waals surface area contributed by atoms with Crippen molar-refractivity contribution in [2.45, 2.75) is 6.42 Å². The second-order valence-corrected chi connectivity index (χ2v) is 9.61. The molecule has 1 heterocycles. The minimum Gasteiger partial charge on any atom is -0.417 e. The van der Waals surface area contributed by atoms with Crippen LogP contribution in [-0.2, 0) is 13.7 Å². The summed E-state index contributed by atoms with van der Waals surface area (Å²) in [6.45, 7) is 1.32. The topological polar surface area (TPSA) is 27.7 Å². The predicted octanol–water partition coefficient (Wildman–Crippen LogP) is 2.09. The molecule has 5 heteroatoms. The van der Waals surface area contributed by atoms with Gasteiger partial charge in [0, 0.05) is 13.2 Å². The van der Waals surface area contributed by atoms with Crippen molar-refractivity contribution in [1.82, 2.24) is 0 Å². The molecular weight excluding hydrogens is 339 g/mol. The molecule has 1 aliphatic rings. The average molecular weight is 360 g/mol. The standard InChI is InChI=1S/C21H21BO3Si/c1-4-11-19(12-5-1)26(20-13-6-2-7-14-20,21-15-8-3-9-16-21)25-22-23-17-10-18-24-22/h1-9,11-16H,10,17-18H2. The quantitative estimate of drug-likeness (QED) is 0.515. The molecule has 3 aromatic carbocycles. The lowest BCUT2D eigenvalue weighted by Crippen LogP contribution is -2.71. The highest BCUT2D eigenvalue weighted by molar-refractivity contribution is 7.09. The molecule has 4 rings (SSSR count). The van der Waals surface area contributed by atoms with E-state index in [0.717, 1.165) is 6.42 Å². The van der Waals surface area contributed by atoms with Gasteiger partial charge in [0.1, 0.15) is 0 Å². The number of hydrogen-bond acceptors (Lipinski definition) is 3. The minimum absolute atomic E-state index is 0.643. The summed E-state index contributed by atoms with van der Waals surface area (Å²) in [5.41, 5.74) is 0. The summed E-state index contributed by atoms with van der Waals surface area (Å²) in [5.74, 6) is 0. The van der Waals surface area contributed by atoms with Gasteiger partial charge in [-0.2, -0.15) is 0 Å². The van der Waals surface area contributed by atoms with Gasteiger partial charge in [0.2, 0.25) is 0 Å². The fraction of sp³-hybridized carbons (Fsp3) is 0.143. The maximum atomic E-state index is 6.73. The molecular formula is C21H21BO3Si. The van der Waals surface area contributed by atoms with E-state index in [0.29, 0.717) is 13.2 Å². The minimum atomic E-state index is -2.76. The Kier molecular flexibility index (Phi) is 5.32. The van der Waals surface area contributed by atoms with Crippen LogP contribution in [0.5, 0.6) is 0 Å². The maximum Gasteiger partial charge on any atom is 0.629 e. The molecule has 0 aliphatic carbocycles. The summed E-state index contributed by atoms with van der Waals surface area (Å²) in [6, 6.07) is 31.4. The summed E-state index contributed by atoms with van der Waals surface area (Å²) in [5, 5.41) is 3.53. The molecule has 0 unspecified atom stereocenters. The van der Waals surface area contributed by atoms with Gasteiger partial charge >= 0.3 is 7.32 Å².